The zero-order chi connectivity index (χ0) is 6.78. The second-order valence-electron chi connectivity index (χ2n) is 1.47. The summed E-state index contributed by atoms with van der Waals surface area (Å²) < 4.78 is 21.5. The molecule has 0 bridgehead atoms. The molecule has 0 saturated heterocycles. The Hall–Kier alpha value is -0.130. The Balaban J connectivity index is 4.04. The normalized spacial score (nSPS) is 12.5. The molecule has 0 aliphatic carbocycles. The molecule has 5 heteroatoms. The molecule has 0 unspecified atom stereocenters. The van der Waals surface area contributed by atoms with Crippen molar-refractivity contribution in [2.75, 3.05) is 12.8 Å². The fourth-order valence-electron chi connectivity index (χ4n) is 0.235. The molecule has 50 valence electrons. The molecule has 0 fully saturated rings. The zero-order valence-electron chi connectivity index (χ0n) is 4.96. The van der Waals surface area contributed by atoms with Crippen LogP contribution in [0.1, 0.15) is 6.92 Å². The quantitative estimate of drug-likeness (QED) is 0.399. The summed E-state index contributed by atoms with van der Waals surface area (Å²) in [6.45, 7) is 1.99. The van der Waals surface area contributed by atoms with Crippen molar-refractivity contribution in [1.29, 1.82) is 0 Å². The summed E-state index contributed by atoms with van der Waals surface area (Å²) in [5, 5.41) is 0. The third-order valence-electron chi connectivity index (χ3n) is 0.738. The van der Waals surface area contributed by atoms with Crippen LogP contribution in [-0.2, 0) is 10.0 Å². The number of hydrogen-bond acceptors (Lipinski definition) is 3. The minimum Gasteiger partial charge on any atom is -0.255 e. The summed E-state index contributed by atoms with van der Waals surface area (Å²) in [6.07, 6.45) is 1.07. The predicted molar refractivity (Wildman–Crippen MR) is 31.4 cm³/mol. The molecular weight excluding hydrogens is 128 g/mol. The standard InChI is InChI=1S/C3H10N2O2S/c1-3-5(4)8(2,6)7/h3-4H2,1-2H3. The molecule has 2 N–H and O–H groups in total. The molecule has 8 heavy (non-hydrogen) atoms. The van der Waals surface area contributed by atoms with Gasteiger partial charge in [-0.05, 0) is 6.92 Å². The molecule has 0 aromatic heterocycles. The Bertz CT molecular complexity index is 151. The summed E-state index contributed by atoms with van der Waals surface area (Å²) in [5.41, 5.74) is 0. The summed E-state index contributed by atoms with van der Waals surface area (Å²) in [4.78, 5) is 0. The highest BCUT2D eigenvalue weighted by Crippen LogP contribution is 1.84. The Morgan fingerprint density at radius 2 is 2.00 bits per heavy atom. The third kappa shape index (κ3) is 2.25. The van der Waals surface area contributed by atoms with Crippen LogP contribution in [0, 0.1) is 0 Å². The minimum absolute atomic E-state index is 0.318. The fraction of sp³-hybridized carbons (Fsp3) is 1.00. The highest BCUT2D eigenvalue weighted by atomic mass is 32.2. The lowest BCUT2D eigenvalue weighted by molar-refractivity contribution is 0.449. The van der Waals surface area contributed by atoms with Crippen molar-refractivity contribution < 1.29 is 8.42 Å². The van der Waals surface area contributed by atoms with Gasteiger partial charge in [0.1, 0.15) is 0 Å². The number of sulfonamides is 1. The number of hydrazine groups is 1. The molecule has 0 radical (unpaired) electrons. The van der Waals surface area contributed by atoms with Crippen LogP contribution in [-0.4, -0.2) is 25.6 Å². The minimum atomic E-state index is -3.14. The maximum atomic E-state index is 10.4. The SMILES string of the molecule is CCN(N)S(C)(=O)=O. The smallest absolute Gasteiger partial charge is 0.223 e. The average molecular weight is 138 g/mol. The van der Waals surface area contributed by atoms with Crippen LogP contribution in [0.3, 0.4) is 0 Å². The van der Waals surface area contributed by atoms with Crippen molar-refractivity contribution in [3.63, 3.8) is 0 Å². The van der Waals surface area contributed by atoms with Gasteiger partial charge in [0, 0.05) is 6.54 Å². The first-order valence-electron chi connectivity index (χ1n) is 2.21. The van der Waals surface area contributed by atoms with Crippen molar-refractivity contribution >= 4 is 10.0 Å². The van der Waals surface area contributed by atoms with E-state index in [-0.39, 0.29) is 0 Å². The first kappa shape index (κ1) is 7.87. The number of nitrogens with two attached hydrogens (primary N) is 1. The Morgan fingerprint density at radius 1 is 1.62 bits per heavy atom. The Kier molecular flexibility index (Phi) is 2.39. The highest BCUT2D eigenvalue weighted by Gasteiger charge is 2.06. The van der Waals surface area contributed by atoms with E-state index in [9.17, 15) is 8.42 Å². The Labute approximate surface area is 49.3 Å². The van der Waals surface area contributed by atoms with E-state index in [0.29, 0.717) is 6.54 Å². The lowest BCUT2D eigenvalue weighted by atomic mass is 10.8. The molecule has 0 atom stereocenters. The second kappa shape index (κ2) is 2.43. The van der Waals surface area contributed by atoms with E-state index in [4.69, 9.17) is 5.84 Å². The van der Waals surface area contributed by atoms with E-state index in [0.717, 1.165) is 10.7 Å². The van der Waals surface area contributed by atoms with Gasteiger partial charge in [0.2, 0.25) is 10.0 Å². The first-order valence-corrected chi connectivity index (χ1v) is 4.05. The van der Waals surface area contributed by atoms with Crippen molar-refractivity contribution in [3.05, 3.63) is 0 Å². The summed E-state index contributed by atoms with van der Waals surface area (Å²) in [5.74, 6) is 5.00. The maximum Gasteiger partial charge on any atom is 0.223 e. The van der Waals surface area contributed by atoms with Crippen molar-refractivity contribution in [2.24, 2.45) is 5.84 Å². The van der Waals surface area contributed by atoms with Gasteiger partial charge >= 0.3 is 0 Å². The van der Waals surface area contributed by atoms with Gasteiger partial charge in [0.25, 0.3) is 0 Å². The second-order valence-corrected chi connectivity index (χ2v) is 3.40. The lowest BCUT2D eigenvalue weighted by Gasteiger charge is -2.08. The van der Waals surface area contributed by atoms with Gasteiger partial charge in [0.15, 0.2) is 0 Å². The molecule has 0 spiro atoms. The zero-order valence-corrected chi connectivity index (χ0v) is 5.77. The van der Waals surface area contributed by atoms with Crippen LogP contribution in [0.15, 0.2) is 0 Å². The van der Waals surface area contributed by atoms with Crippen molar-refractivity contribution in [1.82, 2.24) is 4.41 Å². The molecule has 0 amide bonds. The predicted octanol–water partition coefficient (Wildman–Crippen LogP) is -0.858. The highest BCUT2D eigenvalue weighted by molar-refractivity contribution is 7.88. The number of rotatable bonds is 2. The van der Waals surface area contributed by atoms with Crippen LogP contribution >= 0.6 is 0 Å². The number of hydrogen-bond donors (Lipinski definition) is 1. The summed E-state index contributed by atoms with van der Waals surface area (Å²) in [6, 6.07) is 0. The maximum absolute atomic E-state index is 10.4. The van der Waals surface area contributed by atoms with E-state index < -0.39 is 10.0 Å². The molecule has 0 saturated carbocycles. The largest absolute Gasteiger partial charge is 0.255 e. The van der Waals surface area contributed by atoms with Gasteiger partial charge in [-0.2, -0.15) is 0 Å². The first-order chi connectivity index (χ1) is 3.48. The molecule has 0 heterocycles. The van der Waals surface area contributed by atoms with E-state index in [1.165, 1.54) is 0 Å². The lowest BCUT2D eigenvalue weighted by Crippen LogP contribution is -2.35. The van der Waals surface area contributed by atoms with Gasteiger partial charge in [0.05, 0.1) is 6.26 Å². The molecule has 0 aromatic carbocycles. The molecule has 0 aliphatic heterocycles. The topological polar surface area (TPSA) is 63.4 Å². The van der Waals surface area contributed by atoms with E-state index in [1.54, 1.807) is 6.92 Å². The van der Waals surface area contributed by atoms with E-state index in [2.05, 4.69) is 0 Å². The molecule has 4 nitrogen and oxygen atoms in total. The average Bonchev–Trinajstić information content (AvgIpc) is 1.62. The van der Waals surface area contributed by atoms with Crippen molar-refractivity contribution in [2.45, 2.75) is 6.92 Å². The van der Waals surface area contributed by atoms with Gasteiger partial charge in [-0.1, -0.05) is 0 Å². The van der Waals surface area contributed by atoms with Gasteiger partial charge < -0.3 is 0 Å². The van der Waals surface area contributed by atoms with Crippen LogP contribution in [0.5, 0.6) is 0 Å². The Morgan fingerprint density at radius 3 is 2.00 bits per heavy atom. The van der Waals surface area contributed by atoms with Crippen molar-refractivity contribution in [3.8, 4) is 0 Å². The molecule has 0 aliphatic rings. The monoisotopic (exact) mass is 138 g/mol. The molecular formula is C3H10N2O2S. The van der Waals surface area contributed by atoms with Gasteiger partial charge in [-0.15, -0.1) is 4.41 Å². The van der Waals surface area contributed by atoms with E-state index in [1.807, 2.05) is 0 Å². The van der Waals surface area contributed by atoms with Crippen LogP contribution < -0.4 is 5.84 Å². The molecule has 0 aromatic rings. The van der Waals surface area contributed by atoms with Gasteiger partial charge in [-0.25, -0.2) is 8.42 Å². The fourth-order valence-corrected chi connectivity index (χ4v) is 0.704. The third-order valence-corrected chi connectivity index (χ3v) is 1.85. The summed E-state index contributed by atoms with van der Waals surface area (Å²) >= 11 is 0. The number of nitrogens with zero attached hydrogens (tertiary/aromatic N) is 1. The molecule has 0 rings (SSSR count). The van der Waals surface area contributed by atoms with Crippen LogP contribution in [0.2, 0.25) is 0 Å². The van der Waals surface area contributed by atoms with E-state index >= 15 is 0 Å². The summed E-state index contributed by atoms with van der Waals surface area (Å²) in [7, 11) is -3.14. The van der Waals surface area contributed by atoms with Crippen LogP contribution in [0.4, 0.5) is 0 Å². The van der Waals surface area contributed by atoms with Gasteiger partial charge in [-0.3, -0.25) is 5.84 Å². The van der Waals surface area contributed by atoms with Crippen LogP contribution in [0.25, 0.3) is 0 Å².